The molecule has 1 saturated heterocycles. The minimum Gasteiger partial charge on any atom is -0.465 e. The van der Waals surface area contributed by atoms with Crippen LogP contribution in [0, 0.1) is 17.6 Å². The molecule has 1 fully saturated rings. The summed E-state index contributed by atoms with van der Waals surface area (Å²) in [5.74, 6) is -1.43. The van der Waals surface area contributed by atoms with E-state index in [2.05, 4.69) is 5.10 Å². The Hall–Kier alpha value is -3.39. The van der Waals surface area contributed by atoms with Crippen LogP contribution in [0.5, 0.6) is 0 Å². The maximum atomic E-state index is 13.6. The molecule has 0 radical (unpaired) electrons. The third-order valence-electron chi connectivity index (χ3n) is 5.52. The molecule has 1 aliphatic rings. The topological polar surface area (TPSA) is 70.4 Å². The lowest BCUT2D eigenvalue weighted by molar-refractivity contribution is -0.145. The molecule has 0 saturated carbocycles. The number of esters is 1. The summed E-state index contributed by atoms with van der Waals surface area (Å²) in [5.41, 5.74) is 1.67. The minimum atomic E-state index is -0.733. The Labute approximate surface area is 189 Å². The van der Waals surface area contributed by atoms with Crippen LogP contribution in [0.2, 0.25) is 0 Å². The van der Waals surface area contributed by atoms with Crippen LogP contribution in [-0.4, -0.2) is 35.6 Å². The molecule has 33 heavy (non-hydrogen) atoms. The van der Waals surface area contributed by atoms with E-state index in [-0.39, 0.29) is 35.6 Å². The molecule has 0 atom stereocenters. The summed E-state index contributed by atoms with van der Waals surface area (Å²) in [5, 5.41) is 4.26. The Kier molecular flexibility index (Phi) is 7.24. The van der Waals surface area contributed by atoms with Gasteiger partial charge in [0, 0.05) is 38.0 Å². The van der Waals surface area contributed by atoms with E-state index in [4.69, 9.17) is 9.47 Å². The van der Waals surface area contributed by atoms with E-state index in [0.717, 1.165) is 42.2 Å². The summed E-state index contributed by atoms with van der Waals surface area (Å²) in [6.45, 7) is 1.80. The summed E-state index contributed by atoms with van der Waals surface area (Å²) in [6.07, 6.45) is 3.50. The SMILES string of the molecule is O=C(Cc1cccc(Cc2nn(-c3cc(F)cc(F)c3)ccc2=O)c1)OCC1CCOCC1. The fourth-order valence-electron chi connectivity index (χ4n) is 3.77. The van der Waals surface area contributed by atoms with Gasteiger partial charge in [-0.2, -0.15) is 5.10 Å². The first-order chi connectivity index (χ1) is 16.0. The number of benzene rings is 2. The van der Waals surface area contributed by atoms with Gasteiger partial charge < -0.3 is 9.47 Å². The standard InChI is InChI=1S/C25H24F2N2O4/c26-20-13-21(27)15-22(14-20)29-7-4-24(30)23(28-29)11-18-2-1-3-19(10-18)12-25(31)33-16-17-5-8-32-9-6-17/h1-4,7,10,13-15,17H,5-6,8-9,11-12,16H2. The van der Waals surface area contributed by atoms with Crippen molar-refractivity contribution in [1.82, 2.24) is 9.78 Å². The third kappa shape index (κ3) is 6.32. The lowest BCUT2D eigenvalue weighted by atomic mass is 10.0. The van der Waals surface area contributed by atoms with Crippen molar-refractivity contribution in [2.75, 3.05) is 19.8 Å². The highest BCUT2D eigenvalue weighted by atomic mass is 19.1. The van der Waals surface area contributed by atoms with E-state index in [9.17, 15) is 18.4 Å². The van der Waals surface area contributed by atoms with Crippen molar-refractivity contribution in [2.24, 2.45) is 5.92 Å². The quantitative estimate of drug-likeness (QED) is 0.510. The van der Waals surface area contributed by atoms with E-state index in [1.165, 1.54) is 16.9 Å². The molecule has 0 amide bonds. The third-order valence-corrected chi connectivity index (χ3v) is 5.52. The lowest BCUT2D eigenvalue weighted by Gasteiger charge is -2.21. The maximum absolute atomic E-state index is 13.6. The van der Waals surface area contributed by atoms with Gasteiger partial charge in [-0.25, -0.2) is 13.5 Å². The van der Waals surface area contributed by atoms with Gasteiger partial charge in [-0.05, 0) is 42.0 Å². The van der Waals surface area contributed by atoms with E-state index in [1.807, 2.05) is 18.2 Å². The molecule has 0 bridgehead atoms. The molecule has 2 heterocycles. The summed E-state index contributed by atoms with van der Waals surface area (Å²) < 4.78 is 39.1. The summed E-state index contributed by atoms with van der Waals surface area (Å²) in [4.78, 5) is 24.6. The van der Waals surface area contributed by atoms with Crippen LogP contribution in [0.15, 0.2) is 59.5 Å². The first kappa shape index (κ1) is 22.8. The average Bonchev–Trinajstić information content (AvgIpc) is 2.79. The van der Waals surface area contributed by atoms with Crippen LogP contribution in [0.1, 0.15) is 29.7 Å². The molecule has 6 nitrogen and oxygen atoms in total. The molecule has 4 rings (SSSR count). The number of ether oxygens (including phenoxy) is 2. The van der Waals surface area contributed by atoms with Gasteiger partial charge in [0.2, 0.25) is 5.43 Å². The number of carbonyl (C=O) groups is 1. The Bertz CT molecular complexity index is 1170. The van der Waals surface area contributed by atoms with Crippen molar-refractivity contribution in [3.63, 3.8) is 0 Å². The molecule has 8 heteroatoms. The maximum Gasteiger partial charge on any atom is 0.310 e. The van der Waals surface area contributed by atoms with Gasteiger partial charge >= 0.3 is 5.97 Å². The fourth-order valence-corrected chi connectivity index (χ4v) is 3.77. The monoisotopic (exact) mass is 454 g/mol. The van der Waals surface area contributed by atoms with Gasteiger partial charge in [0.1, 0.15) is 17.3 Å². The highest BCUT2D eigenvalue weighted by Gasteiger charge is 2.16. The highest BCUT2D eigenvalue weighted by Crippen LogP contribution is 2.16. The Balaban J connectivity index is 1.43. The Morgan fingerprint density at radius 3 is 2.55 bits per heavy atom. The molecule has 0 aliphatic carbocycles. The highest BCUT2D eigenvalue weighted by molar-refractivity contribution is 5.72. The van der Waals surface area contributed by atoms with Gasteiger partial charge in [-0.3, -0.25) is 9.59 Å². The van der Waals surface area contributed by atoms with Crippen molar-refractivity contribution in [1.29, 1.82) is 0 Å². The number of hydrogen-bond acceptors (Lipinski definition) is 5. The van der Waals surface area contributed by atoms with Crippen LogP contribution in [-0.2, 0) is 27.1 Å². The van der Waals surface area contributed by atoms with E-state index < -0.39 is 11.6 Å². The van der Waals surface area contributed by atoms with Crippen LogP contribution >= 0.6 is 0 Å². The van der Waals surface area contributed by atoms with Crippen LogP contribution < -0.4 is 5.43 Å². The molecule has 2 aromatic carbocycles. The first-order valence-electron chi connectivity index (χ1n) is 10.8. The van der Waals surface area contributed by atoms with E-state index in [0.29, 0.717) is 25.7 Å². The second-order valence-corrected chi connectivity index (χ2v) is 8.11. The second kappa shape index (κ2) is 10.5. The Morgan fingerprint density at radius 2 is 1.79 bits per heavy atom. The van der Waals surface area contributed by atoms with Gasteiger partial charge in [0.15, 0.2) is 0 Å². The van der Waals surface area contributed by atoms with Crippen molar-refractivity contribution >= 4 is 5.97 Å². The molecular weight excluding hydrogens is 430 g/mol. The molecule has 0 spiro atoms. The van der Waals surface area contributed by atoms with E-state index >= 15 is 0 Å². The summed E-state index contributed by atoms with van der Waals surface area (Å²) in [7, 11) is 0. The lowest BCUT2D eigenvalue weighted by Crippen LogP contribution is -2.22. The zero-order valence-corrected chi connectivity index (χ0v) is 18.0. The van der Waals surface area contributed by atoms with Crippen LogP contribution in [0.3, 0.4) is 0 Å². The number of rotatable bonds is 7. The number of halogens is 2. The molecule has 1 aliphatic heterocycles. The normalized spacial score (nSPS) is 14.2. The van der Waals surface area contributed by atoms with Gasteiger partial charge in [0.25, 0.3) is 0 Å². The van der Waals surface area contributed by atoms with Crippen LogP contribution in [0.25, 0.3) is 5.69 Å². The summed E-state index contributed by atoms with van der Waals surface area (Å²) in [6, 6.07) is 11.6. The van der Waals surface area contributed by atoms with Gasteiger partial charge in [0.05, 0.1) is 18.7 Å². The zero-order chi connectivity index (χ0) is 23.2. The molecular formula is C25H24F2N2O4. The molecule has 3 aromatic rings. The van der Waals surface area contributed by atoms with Crippen molar-refractivity contribution in [3.8, 4) is 5.69 Å². The summed E-state index contributed by atoms with van der Waals surface area (Å²) >= 11 is 0. The first-order valence-corrected chi connectivity index (χ1v) is 10.8. The molecule has 0 unspecified atom stereocenters. The van der Waals surface area contributed by atoms with Crippen molar-refractivity contribution < 1.29 is 23.0 Å². The fraction of sp³-hybridized carbons (Fsp3) is 0.320. The molecule has 0 N–H and O–H groups in total. The molecule has 1 aromatic heterocycles. The molecule has 172 valence electrons. The average molecular weight is 454 g/mol. The van der Waals surface area contributed by atoms with E-state index in [1.54, 1.807) is 6.07 Å². The largest absolute Gasteiger partial charge is 0.465 e. The Morgan fingerprint density at radius 1 is 1.06 bits per heavy atom. The van der Waals surface area contributed by atoms with Gasteiger partial charge in [-0.15, -0.1) is 0 Å². The minimum absolute atomic E-state index is 0.131. The number of hydrogen-bond donors (Lipinski definition) is 0. The number of aromatic nitrogens is 2. The predicted octanol–water partition coefficient (Wildman–Crippen LogP) is 3.61. The van der Waals surface area contributed by atoms with Crippen molar-refractivity contribution in [2.45, 2.75) is 25.7 Å². The smallest absolute Gasteiger partial charge is 0.310 e. The second-order valence-electron chi connectivity index (χ2n) is 8.11. The van der Waals surface area contributed by atoms with Crippen molar-refractivity contribution in [3.05, 3.63) is 93.4 Å². The van der Waals surface area contributed by atoms with Gasteiger partial charge in [-0.1, -0.05) is 24.3 Å². The predicted molar refractivity (Wildman–Crippen MR) is 117 cm³/mol. The van der Waals surface area contributed by atoms with Crippen LogP contribution in [0.4, 0.5) is 8.78 Å². The zero-order valence-electron chi connectivity index (χ0n) is 18.0. The number of nitrogens with zero attached hydrogens (tertiary/aromatic N) is 2. The number of carbonyl (C=O) groups excluding carboxylic acids is 1.